The molecular formula is C17H12FN3O2. The second kappa shape index (κ2) is 5.91. The number of aromatic nitrogens is 1. The van der Waals surface area contributed by atoms with Gasteiger partial charge < -0.3 is 10.2 Å². The first-order valence-corrected chi connectivity index (χ1v) is 6.82. The van der Waals surface area contributed by atoms with Crippen LogP contribution in [0.15, 0.2) is 64.1 Å². The number of benzene rings is 2. The lowest BCUT2D eigenvalue weighted by molar-refractivity contribution is 0.504. The van der Waals surface area contributed by atoms with Gasteiger partial charge in [-0.3, -0.25) is 0 Å². The second-order valence-corrected chi connectivity index (χ2v) is 4.93. The molecule has 0 bridgehead atoms. The Morgan fingerprint density at radius 1 is 1.22 bits per heavy atom. The van der Waals surface area contributed by atoms with Gasteiger partial charge in [-0.1, -0.05) is 24.3 Å². The summed E-state index contributed by atoms with van der Waals surface area (Å²) in [6.07, 6.45) is 2.67. The summed E-state index contributed by atoms with van der Waals surface area (Å²) < 4.78 is 20.2. The van der Waals surface area contributed by atoms with Crippen molar-refractivity contribution in [2.45, 2.75) is 6.04 Å². The van der Waals surface area contributed by atoms with Crippen LogP contribution in [0.5, 0.6) is 0 Å². The molecule has 2 aromatic carbocycles. The van der Waals surface area contributed by atoms with Crippen molar-refractivity contribution >= 4 is 0 Å². The summed E-state index contributed by atoms with van der Waals surface area (Å²) in [4.78, 5) is 11.5. The van der Waals surface area contributed by atoms with Crippen LogP contribution in [-0.4, -0.2) is 4.57 Å². The molecule has 3 aromatic rings. The van der Waals surface area contributed by atoms with E-state index in [0.29, 0.717) is 22.4 Å². The van der Waals surface area contributed by atoms with Crippen LogP contribution < -0.4 is 11.5 Å². The van der Waals surface area contributed by atoms with Gasteiger partial charge in [0.05, 0.1) is 18.0 Å². The number of nitrogens with zero attached hydrogens (tertiary/aromatic N) is 2. The van der Waals surface area contributed by atoms with Crippen LogP contribution in [-0.2, 0) is 0 Å². The summed E-state index contributed by atoms with van der Waals surface area (Å²) in [5.41, 5.74) is 7.72. The van der Waals surface area contributed by atoms with Crippen LogP contribution in [0.4, 0.5) is 4.39 Å². The van der Waals surface area contributed by atoms with Crippen molar-refractivity contribution in [1.82, 2.24) is 4.57 Å². The van der Waals surface area contributed by atoms with Gasteiger partial charge in [-0.2, -0.15) is 5.26 Å². The molecule has 0 amide bonds. The topological polar surface area (TPSA) is 84.9 Å². The first-order chi connectivity index (χ1) is 11.1. The molecule has 1 aromatic heterocycles. The highest BCUT2D eigenvalue weighted by Gasteiger charge is 2.10. The highest BCUT2D eigenvalue weighted by atomic mass is 19.1. The molecule has 1 heterocycles. The predicted molar refractivity (Wildman–Crippen MR) is 82.2 cm³/mol. The average Bonchev–Trinajstić information content (AvgIpc) is 3.00. The van der Waals surface area contributed by atoms with Gasteiger partial charge in [0.2, 0.25) is 0 Å². The van der Waals surface area contributed by atoms with E-state index in [1.54, 1.807) is 36.4 Å². The number of hydrogen-bond acceptors (Lipinski definition) is 4. The molecule has 0 spiro atoms. The van der Waals surface area contributed by atoms with Crippen molar-refractivity contribution in [2.24, 2.45) is 5.73 Å². The Hall–Kier alpha value is -3.17. The highest BCUT2D eigenvalue weighted by molar-refractivity contribution is 5.66. The van der Waals surface area contributed by atoms with E-state index in [1.165, 1.54) is 23.1 Å². The Kier molecular flexibility index (Phi) is 3.79. The fourth-order valence-corrected chi connectivity index (χ4v) is 2.29. The Morgan fingerprint density at radius 3 is 2.52 bits per heavy atom. The van der Waals surface area contributed by atoms with Gasteiger partial charge in [-0.25, -0.2) is 13.8 Å². The van der Waals surface area contributed by atoms with Gasteiger partial charge in [-0.15, -0.1) is 0 Å². The largest absolute Gasteiger partial charge is 0.423 e. The highest BCUT2D eigenvalue weighted by Crippen LogP contribution is 2.25. The third-order valence-corrected chi connectivity index (χ3v) is 3.53. The molecule has 0 aliphatic rings. The molecule has 2 N–H and O–H groups in total. The lowest BCUT2D eigenvalue weighted by Crippen LogP contribution is -2.11. The van der Waals surface area contributed by atoms with E-state index in [4.69, 9.17) is 11.0 Å². The lowest BCUT2D eigenvalue weighted by atomic mass is 10.0. The summed E-state index contributed by atoms with van der Waals surface area (Å²) in [5.74, 6) is -1.04. The predicted octanol–water partition coefficient (Wildman–Crippen LogP) is 2.76. The van der Waals surface area contributed by atoms with Crippen molar-refractivity contribution in [3.63, 3.8) is 0 Å². The summed E-state index contributed by atoms with van der Waals surface area (Å²) in [6, 6.07) is 12.5. The fraction of sp³-hybridized carbons (Fsp3) is 0.0588. The fourth-order valence-electron chi connectivity index (χ4n) is 2.29. The third kappa shape index (κ3) is 2.78. The third-order valence-electron chi connectivity index (χ3n) is 3.53. The first-order valence-electron chi connectivity index (χ1n) is 6.82. The van der Waals surface area contributed by atoms with Crippen molar-refractivity contribution in [3.8, 4) is 22.9 Å². The van der Waals surface area contributed by atoms with E-state index in [0.717, 1.165) is 0 Å². The minimum atomic E-state index is -0.704. The molecule has 1 unspecified atom stereocenters. The zero-order valence-corrected chi connectivity index (χ0v) is 11.9. The molecule has 0 aliphatic heterocycles. The molecule has 0 fully saturated rings. The SMILES string of the molecule is N#CC(N)c1ccc(-c2ccc(-n3ccoc3=O)cc2F)cc1. The maximum absolute atomic E-state index is 14.4. The van der Waals surface area contributed by atoms with Crippen LogP contribution >= 0.6 is 0 Å². The summed E-state index contributed by atoms with van der Waals surface area (Å²) in [5, 5.41) is 8.79. The van der Waals surface area contributed by atoms with E-state index in [2.05, 4.69) is 4.42 Å². The summed E-state index contributed by atoms with van der Waals surface area (Å²) in [7, 11) is 0. The van der Waals surface area contributed by atoms with Crippen LogP contribution in [0.25, 0.3) is 16.8 Å². The first kappa shape index (κ1) is 14.8. The number of hydrogen-bond donors (Lipinski definition) is 1. The zero-order chi connectivity index (χ0) is 16.4. The average molecular weight is 309 g/mol. The molecule has 114 valence electrons. The minimum Gasteiger partial charge on any atom is -0.416 e. The van der Waals surface area contributed by atoms with E-state index < -0.39 is 17.6 Å². The van der Waals surface area contributed by atoms with Gasteiger partial charge >= 0.3 is 5.76 Å². The number of rotatable bonds is 3. The summed E-state index contributed by atoms with van der Waals surface area (Å²) in [6.45, 7) is 0. The van der Waals surface area contributed by atoms with E-state index in [-0.39, 0.29) is 0 Å². The van der Waals surface area contributed by atoms with E-state index in [9.17, 15) is 9.18 Å². The van der Waals surface area contributed by atoms with Crippen LogP contribution in [0.1, 0.15) is 11.6 Å². The van der Waals surface area contributed by atoms with Gasteiger partial charge in [0.1, 0.15) is 18.1 Å². The molecule has 6 heteroatoms. The molecule has 0 radical (unpaired) electrons. The number of nitriles is 1. The number of oxazole rings is 1. The molecule has 23 heavy (non-hydrogen) atoms. The van der Waals surface area contributed by atoms with E-state index >= 15 is 0 Å². The van der Waals surface area contributed by atoms with Crippen LogP contribution in [0.3, 0.4) is 0 Å². The number of halogens is 1. The van der Waals surface area contributed by atoms with Crippen molar-refractivity contribution in [3.05, 3.63) is 76.9 Å². The molecule has 3 rings (SSSR count). The molecule has 0 saturated carbocycles. The second-order valence-electron chi connectivity index (χ2n) is 4.93. The van der Waals surface area contributed by atoms with Gasteiger partial charge in [-0.05, 0) is 29.3 Å². The summed E-state index contributed by atoms with van der Waals surface area (Å²) >= 11 is 0. The van der Waals surface area contributed by atoms with E-state index in [1.807, 2.05) is 6.07 Å². The zero-order valence-electron chi connectivity index (χ0n) is 11.9. The van der Waals surface area contributed by atoms with Crippen LogP contribution in [0, 0.1) is 17.1 Å². The lowest BCUT2D eigenvalue weighted by Gasteiger charge is -2.08. The Balaban J connectivity index is 1.97. The smallest absolute Gasteiger partial charge is 0.416 e. The Morgan fingerprint density at radius 2 is 1.96 bits per heavy atom. The molecule has 5 nitrogen and oxygen atoms in total. The van der Waals surface area contributed by atoms with Crippen molar-refractivity contribution in [2.75, 3.05) is 0 Å². The van der Waals surface area contributed by atoms with Gasteiger partial charge in [0, 0.05) is 5.56 Å². The Bertz CT molecular complexity index is 935. The molecule has 1 atom stereocenters. The quantitative estimate of drug-likeness (QED) is 0.806. The standard InChI is InChI=1S/C17H12FN3O2/c18-15-9-13(21-7-8-23-17(21)22)5-6-14(15)11-1-3-12(4-2-11)16(20)10-19/h1-9,16H,20H2. The van der Waals surface area contributed by atoms with Gasteiger partial charge in [0.15, 0.2) is 0 Å². The van der Waals surface area contributed by atoms with Crippen molar-refractivity contribution in [1.29, 1.82) is 5.26 Å². The molecular weight excluding hydrogens is 297 g/mol. The van der Waals surface area contributed by atoms with Crippen LogP contribution in [0.2, 0.25) is 0 Å². The minimum absolute atomic E-state index is 0.383. The Labute approximate surface area is 131 Å². The number of nitrogens with two attached hydrogens (primary N) is 1. The van der Waals surface area contributed by atoms with Crippen molar-refractivity contribution < 1.29 is 8.81 Å². The van der Waals surface area contributed by atoms with Gasteiger partial charge in [0.25, 0.3) is 0 Å². The monoisotopic (exact) mass is 309 g/mol. The molecule has 0 aliphatic carbocycles. The normalized spacial score (nSPS) is 11.9. The maximum atomic E-state index is 14.4. The molecule has 0 saturated heterocycles. The maximum Gasteiger partial charge on any atom is 0.423 e.